The van der Waals surface area contributed by atoms with Crippen LogP contribution in [0.3, 0.4) is 0 Å². The first-order valence-electron chi connectivity index (χ1n) is 9.74. The third kappa shape index (κ3) is 5.16. The van der Waals surface area contributed by atoms with Gasteiger partial charge in [0.2, 0.25) is 0 Å². The molecule has 0 radical (unpaired) electrons. The standard InChI is InChI=1S/C22H30N4O2/c1-24(2)20-6-4-5-18(17-20)22(27)23-11-12-25-13-15-26(16-14-25)19-7-9-21(28-3)10-8-19/h4-10,17H,11-16H2,1-3H3,(H,23,27). The van der Waals surface area contributed by atoms with E-state index < -0.39 is 0 Å². The minimum absolute atomic E-state index is 0.0134. The molecule has 0 bridgehead atoms. The third-order valence-electron chi connectivity index (χ3n) is 5.15. The van der Waals surface area contributed by atoms with Gasteiger partial charge in [-0.3, -0.25) is 9.69 Å². The van der Waals surface area contributed by atoms with Gasteiger partial charge < -0.3 is 19.9 Å². The number of ether oxygens (including phenoxy) is 1. The Hall–Kier alpha value is -2.73. The molecule has 1 heterocycles. The summed E-state index contributed by atoms with van der Waals surface area (Å²) in [6.07, 6.45) is 0. The molecule has 0 aliphatic carbocycles. The molecule has 1 N–H and O–H groups in total. The lowest BCUT2D eigenvalue weighted by atomic mass is 10.2. The zero-order chi connectivity index (χ0) is 19.9. The van der Waals surface area contributed by atoms with Gasteiger partial charge in [-0.05, 0) is 42.5 Å². The van der Waals surface area contributed by atoms with Crippen LogP contribution in [0, 0.1) is 0 Å². The first-order chi connectivity index (χ1) is 13.6. The highest BCUT2D eigenvalue weighted by molar-refractivity contribution is 5.95. The largest absolute Gasteiger partial charge is 0.497 e. The molecule has 1 amide bonds. The molecule has 3 rings (SSSR count). The van der Waals surface area contributed by atoms with Crippen molar-refractivity contribution in [2.24, 2.45) is 0 Å². The predicted octanol–water partition coefficient (Wildman–Crippen LogP) is 2.31. The van der Waals surface area contributed by atoms with Crippen molar-refractivity contribution in [3.8, 4) is 5.75 Å². The monoisotopic (exact) mass is 382 g/mol. The fraction of sp³-hybridized carbons (Fsp3) is 0.409. The van der Waals surface area contributed by atoms with E-state index in [2.05, 4.69) is 27.2 Å². The number of anilines is 2. The molecular formula is C22H30N4O2. The predicted molar refractivity (Wildman–Crippen MR) is 115 cm³/mol. The first-order valence-corrected chi connectivity index (χ1v) is 9.74. The molecule has 1 aliphatic rings. The van der Waals surface area contributed by atoms with Gasteiger partial charge in [0.15, 0.2) is 0 Å². The third-order valence-corrected chi connectivity index (χ3v) is 5.15. The van der Waals surface area contributed by atoms with E-state index in [0.717, 1.165) is 44.2 Å². The number of carbonyl (C=O) groups is 1. The zero-order valence-electron chi connectivity index (χ0n) is 17.0. The van der Waals surface area contributed by atoms with E-state index in [-0.39, 0.29) is 5.91 Å². The van der Waals surface area contributed by atoms with Crippen LogP contribution >= 0.6 is 0 Å². The van der Waals surface area contributed by atoms with E-state index in [1.165, 1.54) is 5.69 Å². The number of piperazine rings is 1. The van der Waals surface area contributed by atoms with Crippen molar-refractivity contribution in [1.29, 1.82) is 0 Å². The van der Waals surface area contributed by atoms with E-state index in [0.29, 0.717) is 12.1 Å². The van der Waals surface area contributed by atoms with Crippen LogP contribution in [0.2, 0.25) is 0 Å². The molecule has 0 aromatic heterocycles. The number of hydrogen-bond donors (Lipinski definition) is 1. The summed E-state index contributed by atoms with van der Waals surface area (Å²) in [7, 11) is 5.64. The molecule has 0 atom stereocenters. The smallest absolute Gasteiger partial charge is 0.251 e. The molecular weight excluding hydrogens is 352 g/mol. The van der Waals surface area contributed by atoms with E-state index in [9.17, 15) is 4.79 Å². The van der Waals surface area contributed by atoms with E-state index in [1.807, 2.05) is 55.4 Å². The topological polar surface area (TPSA) is 48.1 Å². The second kappa shape index (κ2) is 9.46. The van der Waals surface area contributed by atoms with Gasteiger partial charge in [-0.1, -0.05) is 6.07 Å². The summed E-state index contributed by atoms with van der Waals surface area (Å²) in [4.78, 5) is 19.2. The van der Waals surface area contributed by atoms with Crippen molar-refractivity contribution in [1.82, 2.24) is 10.2 Å². The van der Waals surface area contributed by atoms with Gasteiger partial charge in [-0.25, -0.2) is 0 Å². The average molecular weight is 383 g/mol. The minimum atomic E-state index is -0.0134. The number of hydrogen-bond acceptors (Lipinski definition) is 5. The summed E-state index contributed by atoms with van der Waals surface area (Å²) in [6.45, 7) is 5.51. The molecule has 1 fully saturated rings. The Labute approximate surface area is 167 Å². The van der Waals surface area contributed by atoms with Gasteiger partial charge >= 0.3 is 0 Å². The minimum Gasteiger partial charge on any atom is -0.497 e. The zero-order valence-corrected chi connectivity index (χ0v) is 17.0. The molecule has 2 aromatic carbocycles. The lowest BCUT2D eigenvalue weighted by Gasteiger charge is -2.36. The summed E-state index contributed by atoms with van der Waals surface area (Å²) in [5.41, 5.74) is 2.97. The highest BCUT2D eigenvalue weighted by atomic mass is 16.5. The van der Waals surface area contributed by atoms with Crippen LogP contribution in [0.15, 0.2) is 48.5 Å². The maximum atomic E-state index is 12.4. The van der Waals surface area contributed by atoms with Gasteiger partial charge in [0.25, 0.3) is 5.91 Å². The Morgan fingerprint density at radius 2 is 1.79 bits per heavy atom. The lowest BCUT2D eigenvalue weighted by molar-refractivity contribution is 0.0948. The second-order valence-electron chi connectivity index (χ2n) is 7.23. The molecule has 2 aromatic rings. The molecule has 28 heavy (non-hydrogen) atoms. The van der Waals surface area contributed by atoms with Crippen LogP contribution in [-0.2, 0) is 0 Å². The second-order valence-corrected chi connectivity index (χ2v) is 7.23. The Kier molecular flexibility index (Phi) is 6.76. The highest BCUT2D eigenvalue weighted by Crippen LogP contribution is 2.20. The van der Waals surface area contributed by atoms with Gasteiger partial charge in [0.05, 0.1) is 7.11 Å². The van der Waals surface area contributed by atoms with Crippen molar-refractivity contribution < 1.29 is 9.53 Å². The quantitative estimate of drug-likeness (QED) is 0.796. The van der Waals surface area contributed by atoms with Gasteiger partial charge in [0, 0.05) is 70.3 Å². The number of benzene rings is 2. The lowest BCUT2D eigenvalue weighted by Crippen LogP contribution is -2.48. The van der Waals surface area contributed by atoms with Crippen LogP contribution in [0.25, 0.3) is 0 Å². The summed E-state index contributed by atoms with van der Waals surface area (Å²) < 4.78 is 5.22. The normalized spacial score (nSPS) is 14.6. The molecule has 6 heteroatoms. The molecule has 1 saturated heterocycles. The van der Waals surface area contributed by atoms with Crippen molar-refractivity contribution in [3.63, 3.8) is 0 Å². The van der Waals surface area contributed by atoms with Crippen molar-refractivity contribution in [2.75, 3.05) is 70.3 Å². The van der Waals surface area contributed by atoms with Gasteiger partial charge in [-0.2, -0.15) is 0 Å². The average Bonchev–Trinajstić information content (AvgIpc) is 2.74. The van der Waals surface area contributed by atoms with Crippen LogP contribution in [0.5, 0.6) is 5.75 Å². The van der Waals surface area contributed by atoms with Crippen LogP contribution in [-0.4, -0.2) is 71.3 Å². The summed E-state index contributed by atoms with van der Waals surface area (Å²) in [5, 5.41) is 3.04. The van der Waals surface area contributed by atoms with Crippen molar-refractivity contribution >= 4 is 17.3 Å². The SMILES string of the molecule is COc1ccc(N2CCN(CCNC(=O)c3cccc(N(C)C)c3)CC2)cc1. The number of carbonyl (C=O) groups excluding carboxylic acids is 1. The number of methoxy groups -OCH3 is 1. The van der Waals surface area contributed by atoms with Crippen LogP contribution < -0.4 is 19.9 Å². The number of nitrogens with zero attached hydrogens (tertiary/aromatic N) is 3. The number of amides is 1. The fourth-order valence-corrected chi connectivity index (χ4v) is 3.38. The number of nitrogens with one attached hydrogen (secondary N) is 1. The van der Waals surface area contributed by atoms with Crippen LogP contribution in [0.1, 0.15) is 10.4 Å². The Morgan fingerprint density at radius 1 is 1.07 bits per heavy atom. The van der Waals surface area contributed by atoms with E-state index >= 15 is 0 Å². The first kappa shape index (κ1) is 20.0. The molecule has 150 valence electrons. The van der Waals surface area contributed by atoms with Gasteiger partial charge in [0.1, 0.15) is 5.75 Å². The Bertz CT molecular complexity index is 768. The molecule has 0 unspecified atom stereocenters. The molecule has 0 spiro atoms. The van der Waals surface area contributed by atoms with Crippen molar-refractivity contribution in [3.05, 3.63) is 54.1 Å². The number of rotatable bonds is 7. The molecule has 1 aliphatic heterocycles. The Morgan fingerprint density at radius 3 is 2.43 bits per heavy atom. The van der Waals surface area contributed by atoms with Crippen molar-refractivity contribution in [2.45, 2.75) is 0 Å². The van der Waals surface area contributed by atoms with E-state index in [1.54, 1.807) is 7.11 Å². The summed E-state index contributed by atoms with van der Waals surface area (Å²) in [6, 6.07) is 15.9. The molecule has 0 saturated carbocycles. The highest BCUT2D eigenvalue weighted by Gasteiger charge is 2.17. The maximum Gasteiger partial charge on any atom is 0.251 e. The van der Waals surface area contributed by atoms with Gasteiger partial charge in [-0.15, -0.1) is 0 Å². The van der Waals surface area contributed by atoms with Crippen LogP contribution in [0.4, 0.5) is 11.4 Å². The summed E-state index contributed by atoms with van der Waals surface area (Å²) >= 11 is 0. The van der Waals surface area contributed by atoms with E-state index in [4.69, 9.17) is 4.74 Å². The molecule has 6 nitrogen and oxygen atoms in total. The fourth-order valence-electron chi connectivity index (χ4n) is 3.38. The Balaban J connectivity index is 1.41. The summed E-state index contributed by atoms with van der Waals surface area (Å²) in [5.74, 6) is 0.870. The maximum absolute atomic E-state index is 12.4.